The third-order valence-corrected chi connectivity index (χ3v) is 6.19. The van der Waals surface area contributed by atoms with E-state index in [1.807, 2.05) is 4.90 Å². The standard InChI is InChI=1S/C17H24N2O3S.C2HF3O2/c20-17(19-4-6-21-7-5-19)15-9-14-1-3-18(11-16(14)22-15)10-13-2-8-23-12-13;3-2(4,5)1(6)7/h2,8,12,14-16H,1,3-7,9-11H2;(H,6,7)/t14-,15+,16-;/m0./s1. The summed E-state index contributed by atoms with van der Waals surface area (Å²) >= 11 is 1.75. The van der Waals surface area contributed by atoms with E-state index in [4.69, 9.17) is 19.4 Å². The maximum atomic E-state index is 12.6. The Labute approximate surface area is 176 Å². The van der Waals surface area contributed by atoms with Crippen LogP contribution in [0, 0.1) is 5.92 Å². The van der Waals surface area contributed by atoms with Gasteiger partial charge in [0.1, 0.15) is 6.10 Å². The second-order valence-electron chi connectivity index (χ2n) is 7.55. The Hall–Kier alpha value is -1.69. The van der Waals surface area contributed by atoms with Gasteiger partial charge in [0.05, 0.1) is 19.3 Å². The minimum absolute atomic E-state index is 0.173. The van der Waals surface area contributed by atoms with E-state index in [2.05, 4.69) is 21.7 Å². The third-order valence-electron chi connectivity index (χ3n) is 5.46. The molecule has 1 amide bonds. The molecule has 1 N–H and O–H groups in total. The van der Waals surface area contributed by atoms with E-state index < -0.39 is 12.1 Å². The van der Waals surface area contributed by atoms with Crippen LogP contribution in [0.1, 0.15) is 18.4 Å². The predicted octanol–water partition coefficient (Wildman–Crippen LogP) is 2.22. The first-order valence-corrected chi connectivity index (χ1v) is 10.7. The lowest BCUT2D eigenvalue weighted by molar-refractivity contribution is -0.192. The van der Waals surface area contributed by atoms with Gasteiger partial charge < -0.3 is 19.5 Å². The molecule has 3 aliphatic rings. The number of hydrogen-bond acceptors (Lipinski definition) is 6. The number of rotatable bonds is 3. The lowest BCUT2D eigenvalue weighted by atomic mass is 9.91. The number of alkyl halides is 3. The summed E-state index contributed by atoms with van der Waals surface area (Å²) in [6.45, 7) is 5.78. The van der Waals surface area contributed by atoms with Crippen LogP contribution in [0.25, 0.3) is 0 Å². The summed E-state index contributed by atoms with van der Waals surface area (Å²) in [4.78, 5) is 25.9. The Kier molecular flexibility index (Phi) is 7.72. The maximum Gasteiger partial charge on any atom is 0.490 e. The number of thiophene rings is 1. The van der Waals surface area contributed by atoms with Gasteiger partial charge in [0.25, 0.3) is 5.91 Å². The van der Waals surface area contributed by atoms with Gasteiger partial charge in [-0.05, 0) is 47.7 Å². The fraction of sp³-hybridized carbons (Fsp3) is 0.684. The molecule has 11 heteroatoms. The minimum atomic E-state index is -5.08. The second-order valence-corrected chi connectivity index (χ2v) is 8.33. The summed E-state index contributed by atoms with van der Waals surface area (Å²) in [5.74, 6) is -2.04. The van der Waals surface area contributed by atoms with E-state index in [1.165, 1.54) is 5.56 Å². The van der Waals surface area contributed by atoms with Crippen molar-refractivity contribution in [2.75, 3.05) is 39.4 Å². The molecule has 0 aromatic carbocycles. The summed E-state index contributed by atoms with van der Waals surface area (Å²) in [5.41, 5.74) is 1.38. The Bertz CT molecular complexity index is 710. The number of aliphatic carboxylic acids is 1. The molecule has 3 atom stereocenters. The Morgan fingerprint density at radius 3 is 2.53 bits per heavy atom. The van der Waals surface area contributed by atoms with E-state index in [0.717, 1.165) is 32.5 Å². The van der Waals surface area contributed by atoms with Crippen molar-refractivity contribution in [3.63, 3.8) is 0 Å². The highest BCUT2D eigenvalue weighted by atomic mass is 32.1. The Balaban J connectivity index is 0.000000318. The van der Waals surface area contributed by atoms with Crippen LogP contribution in [0.2, 0.25) is 0 Å². The lowest BCUT2D eigenvalue weighted by Crippen LogP contribution is -2.46. The van der Waals surface area contributed by atoms with Gasteiger partial charge in [0.15, 0.2) is 0 Å². The van der Waals surface area contributed by atoms with Gasteiger partial charge in [-0.25, -0.2) is 4.79 Å². The zero-order valence-corrected chi connectivity index (χ0v) is 17.2. The van der Waals surface area contributed by atoms with Crippen LogP contribution >= 0.6 is 11.3 Å². The number of nitrogens with zero attached hydrogens (tertiary/aromatic N) is 2. The topological polar surface area (TPSA) is 79.3 Å². The molecule has 0 radical (unpaired) electrons. The first kappa shape index (κ1) is 23.0. The van der Waals surface area contributed by atoms with E-state index in [9.17, 15) is 18.0 Å². The molecule has 0 aliphatic carbocycles. The molecule has 0 spiro atoms. The number of ether oxygens (including phenoxy) is 2. The van der Waals surface area contributed by atoms with Crippen LogP contribution in [-0.4, -0.2) is 84.6 Å². The minimum Gasteiger partial charge on any atom is -0.475 e. The van der Waals surface area contributed by atoms with Gasteiger partial charge in [-0.3, -0.25) is 9.69 Å². The summed E-state index contributed by atoms with van der Waals surface area (Å²) in [6, 6.07) is 2.19. The number of halogens is 3. The van der Waals surface area contributed by atoms with Crippen molar-refractivity contribution in [2.45, 2.75) is 37.8 Å². The zero-order chi connectivity index (χ0) is 21.7. The van der Waals surface area contributed by atoms with Crippen LogP contribution in [0.15, 0.2) is 16.8 Å². The number of amides is 1. The number of likely N-dealkylation sites (tertiary alicyclic amines) is 1. The summed E-state index contributed by atoms with van der Waals surface area (Å²) in [6.07, 6.45) is -3.06. The van der Waals surface area contributed by atoms with Crippen LogP contribution in [0.4, 0.5) is 13.2 Å². The fourth-order valence-electron chi connectivity index (χ4n) is 3.93. The number of carboxylic acid groups (broad SMARTS) is 1. The molecule has 0 bridgehead atoms. The molecule has 3 aliphatic heterocycles. The molecular weight excluding hydrogens is 425 g/mol. The van der Waals surface area contributed by atoms with Gasteiger partial charge in [0, 0.05) is 26.2 Å². The van der Waals surface area contributed by atoms with E-state index in [-0.39, 0.29) is 18.1 Å². The number of carbonyl (C=O) groups is 2. The molecule has 1 aromatic heterocycles. The molecule has 4 heterocycles. The highest BCUT2D eigenvalue weighted by molar-refractivity contribution is 7.07. The normalized spacial score (nSPS) is 27.2. The van der Waals surface area contributed by atoms with Crippen molar-refractivity contribution in [1.82, 2.24) is 9.80 Å². The molecule has 0 unspecified atom stereocenters. The van der Waals surface area contributed by atoms with Crippen molar-refractivity contribution in [1.29, 1.82) is 0 Å². The van der Waals surface area contributed by atoms with Crippen molar-refractivity contribution in [3.05, 3.63) is 22.4 Å². The summed E-state index contributed by atoms with van der Waals surface area (Å²) in [7, 11) is 0. The molecule has 168 valence electrons. The predicted molar refractivity (Wildman–Crippen MR) is 102 cm³/mol. The number of fused-ring (bicyclic) bond motifs is 1. The molecule has 4 rings (SSSR count). The Morgan fingerprint density at radius 1 is 1.23 bits per heavy atom. The van der Waals surface area contributed by atoms with Gasteiger partial charge >= 0.3 is 12.1 Å². The number of piperidine rings is 1. The van der Waals surface area contributed by atoms with Crippen molar-refractivity contribution in [3.8, 4) is 0 Å². The second kappa shape index (κ2) is 10.1. The molecule has 1 aromatic rings. The lowest BCUT2D eigenvalue weighted by Gasteiger charge is -2.33. The van der Waals surface area contributed by atoms with Crippen LogP contribution in [0.5, 0.6) is 0 Å². The average Bonchev–Trinajstić information content (AvgIpc) is 3.37. The molecule has 3 saturated heterocycles. The molecule has 7 nitrogen and oxygen atoms in total. The summed E-state index contributed by atoms with van der Waals surface area (Å²) in [5, 5.41) is 11.5. The largest absolute Gasteiger partial charge is 0.490 e. The zero-order valence-electron chi connectivity index (χ0n) is 16.3. The van der Waals surface area contributed by atoms with Gasteiger partial charge in [-0.15, -0.1) is 0 Å². The van der Waals surface area contributed by atoms with E-state index in [0.29, 0.717) is 32.2 Å². The highest BCUT2D eigenvalue weighted by Crippen LogP contribution is 2.34. The SMILES string of the molecule is O=C(O)C(F)(F)F.O=C([C@H]1C[C@@H]2CCN(Cc3ccsc3)C[C@@H]2O1)N1CCOCC1. The average molecular weight is 450 g/mol. The number of carboxylic acids is 1. The van der Waals surface area contributed by atoms with E-state index in [1.54, 1.807) is 11.3 Å². The Morgan fingerprint density at radius 2 is 1.93 bits per heavy atom. The quantitative estimate of drug-likeness (QED) is 0.761. The van der Waals surface area contributed by atoms with Crippen LogP contribution in [-0.2, 0) is 25.6 Å². The first-order chi connectivity index (χ1) is 14.2. The first-order valence-electron chi connectivity index (χ1n) is 9.79. The van der Waals surface area contributed by atoms with Gasteiger partial charge in [-0.1, -0.05) is 0 Å². The van der Waals surface area contributed by atoms with Crippen LogP contribution in [0.3, 0.4) is 0 Å². The summed E-state index contributed by atoms with van der Waals surface area (Å²) < 4.78 is 43.2. The molecule has 0 saturated carbocycles. The number of morpholine rings is 1. The fourth-order valence-corrected chi connectivity index (χ4v) is 4.59. The molecule has 3 fully saturated rings. The van der Waals surface area contributed by atoms with Crippen molar-refractivity contribution >= 4 is 23.2 Å². The van der Waals surface area contributed by atoms with E-state index >= 15 is 0 Å². The maximum absolute atomic E-state index is 12.6. The molecular formula is C19H25F3N2O5S. The smallest absolute Gasteiger partial charge is 0.475 e. The van der Waals surface area contributed by atoms with Crippen molar-refractivity contribution in [2.24, 2.45) is 5.92 Å². The van der Waals surface area contributed by atoms with Gasteiger partial charge in [0.2, 0.25) is 0 Å². The third kappa shape index (κ3) is 6.16. The molecule has 30 heavy (non-hydrogen) atoms. The highest BCUT2D eigenvalue weighted by Gasteiger charge is 2.43. The number of carbonyl (C=O) groups excluding carboxylic acids is 1. The number of hydrogen-bond donors (Lipinski definition) is 1. The van der Waals surface area contributed by atoms with Crippen LogP contribution < -0.4 is 0 Å². The monoisotopic (exact) mass is 450 g/mol. The van der Waals surface area contributed by atoms with Crippen molar-refractivity contribution < 1.29 is 37.3 Å². The van der Waals surface area contributed by atoms with Gasteiger partial charge in [-0.2, -0.15) is 24.5 Å².